The highest BCUT2D eigenvalue weighted by atomic mass is 35.5. The molecule has 2 aromatic rings. The molecule has 0 aliphatic carbocycles. The summed E-state index contributed by atoms with van der Waals surface area (Å²) in [4.78, 5) is 24.6. The summed E-state index contributed by atoms with van der Waals surface area (Å²) in [5.41, 5.74) is 6.17. The highest BCUT2D eigenvalue weighted by Crippen LogP contribution is 2.27. The number of furan rings is 1. The van der Waals surface area contributed by atoms with E-state index in [4.69, 9.17) is 10.2 Å². The predicted octanol–water partition coefficient (Wildman–Crippen LogP) is 2.79. The highest BCUT2D eigenvalue weighted by Gasteiger charge is 2.18. The van der Waals surface area contributed by atoms with Gasteiger partial charge in [0.1, 0.15) is 0 Å². The van der Waals surface area contributed by atoms with Crippen molar-refractivity contribution in [2.24, 2.45) is 5.73 Å². The van der Waals surface area contributed by atoms with Crippen molar-refractivity contribution in [1.29, 1.82) is 0 Å². The van der Waals surface area contributed by atoms with Gasteiger partial charge in [-0.3, -0.25) is 9.59 Å². The molecule has 0 radical (unpaired) electrons. The summed E-state index contributed by atoms with van der Waals surface area (Å²) in [5.74, 6) is -0.317. The summed E-state index contributed by atoms with van der Waals surface area (Å²) in [5, 5.41) is 6.10. The summed E-state index contributed by atoms with van der Waals surface area (Å²) in [6, 6.07) is 4.97. The van der Waals surface area contributed by atoms with Crippen molar-refractivity contribution in [1.82, 2.24) is 5.32 Å². The average molecular weight is 358 g/mol. The Bertz CT molecular complexity index is 675. The first-order chi connectivity index (χ1) is 10.3. The largest absolute Gasteiger partial charge is 0.459 e. The molecule has 6 nitrogen and oxygen atoms in total. The van der Waals surface area contributed by atoms with Crippen molar-refractivity contribution in [2.75, 3.05) is 11.9 Å². The van der Waals surface area contributed by atoms with Gasteiger partial charge in [0.05, 0.1) is 16.1 Å². The number of nitrogens with one attached hydrogen (secondary N) is 2. The second-order valence-corrected chi connectivity index (χ2v) is 6.78. The maximum Gasteiger partial charge on any atom is 0.291 e. The van der Waals surface area contributed by atoms with Gasteiger partial charge >= 0.3 is 0 Å². The van der Waals surface area contributed by atoms with Crippen molar-refractivity contribution in [3.8, 4) is 0 Å². The Balaban J connectivity index is 0.00000264. The number of anilines is 1. The van der Waals surface area contributed by atoms with E-state index in [1.165, 1.54) is 17.6 Å². The lowest BCUT2D eigenvalue weighted by Crippen LogP contribution is -2.45. The third kappa shape index (κ3) is 5.38. The van der Waals surface area contributed by atoms with Crippen LogP contribution in [0.1, 0.15) is 39.6 Å². The van der Waals surface area contributed by atoms with Crippen LogP contribution in [-0.4, -0.2) is 23.9 Å². The molecule has 4 N–H and O–H groups in total. The third-order valence-corrected chi connectivity index (χ3v) is 3.96. The van der Waals surface area contributed by atoms with Crippen molar-refractivity contribution in [2.45, 2.75) is 26.3 Å². The molecule has 2 amide bonds. The minimum absolute atomic E-state index is 0. The van der Waals surface area contributed by atoms with Crippen molar-refractivity contribution in [3.63, 3.8) is 0 Å². The van der Waals surface area contributed by atoms with Crippen molar-refractivity contribution < 1.29 is 14.0 Å². The topological polar surface area (TPSA) is 97.4 Å². The van der Waals surface area contributed by atoms with E-state index in [1.54, 1.807) is 18.2 Å². The Morgan fingerprint density at radius 3 is 2.61 bits per heavy atom. The molecular weight excluding hydrogens is 338 g/mol. The second kappa shape index (κ2) is 7.63. The zero-order chi connectivity index (χ0) is 16.3. The van der Waals surface area contributed by atoms with Gasteiger partial charge in [-0.05, 0) is 44.5 Å². The van der Waals surface area contributed by atoms with Crippen LogP contribution in [0.15, 0.2) is 28.9 Å². The number of amides is 2. The Labute approximate surface area is 144 Å². The SMILES string of the molecule is Cc1cc(NC(=O)c2ccco2)sc1C(=O)NCC(C)(C)N.Cl. The minimum Gasteiger partial charge on any atom is -0.459 e. The second-order valence-electron chi connectivity index (χ2n) is 5.73. The molecule has 126 valence electrons. The van der Waals surface area contributed by atoms with Crippen LogP contribution in [0.4, 0.5) is 5.00 Å². The van der Waals surface area contributed by atoms with Crippen LogP contribution in [0.3, 0.4) is 0 Å². The van der Waals surface area contributed by atoms with E-state index < -0.39 is 5.54 Å². The van der Waals surface area contributed by atoms with E-state index in [2.05, 4.69) is 10.6 Å². The molecule has 0 bridgehead atoms. The van der Waals surface area contributed by atoms with Gasteiger partial charge in [0, 0.05) is 12.1 Å². The van der Waals surface area contributed by atoms with Gasteiger partial charge in [-0.15, -0.1) is 23.7 Å². The van der Waals surface area contributed by atoms with Crippen molar-refractivity contribution in [3.05, 3.63) is 40.7 Å². The number of halogens is 1. The summed E-state index contributed by atoms with van der Waals surface area (Å²) >= 11 is 1.22. The summed E-state index contributed by atoms with van der Waals surface area (Å²) in [6.45, 7) is 5.87. The standard InChI is InChI=1S/C15H19N3O3S.ClH/c1-9-7-11(18-13(19)10-5-4-6-21-10)22-12(9)14(20)17-8-15(2,3)16;/h4-7H,8,16H2,1-3H3,(H,17,20)(H,18,19);1H. The fraction of sp³-hybridized carbons (Fsp3) is 0.333. The van der Waals surface area contributed by atoms with Crippen molar-refractivity contribution >= 4 is 40.6 Å². The van der Waals surface area contributed by atoms with E-state index in [-0.39, 0.29) is 30.0 Å². The van der Waals surface area contributed by atoms with Crippen LogP contribution in [0.5, 0.6) is 0 Å². The smallest absolute Gasteiger partial charge is 0.291 e. The number of hydrogen-bond donors (Lipinski definition) is 3. The molecular formula is C15H20ClN3O3S. The molecule has 0 atom stereocenters. The first kappa shape index (κ1) is 19.2. The third-order valence-electron chi connectivity index (χ3n) is 2.81. The number of nitrogens with two attached hydrogens (primary N) is 1. The summed E-state index contributed by atoms with van der Waals surface area (Å²) < 4.78 is 5.03. The lowest BCUT2D eigenvalue weighted by Gasteiger charge is -2.18. The molecule has 0 aromatic carbocycles. The Kier molecular flexibility index (Phi) is 6.37. The lowest BCUT2D eigenvalue weighted by atomic mass is 10.1. The normalized spacial score (nSPS) is 10.8. The zero-order valence-electron chi connectivity index (χ0n) is 13.1. The van der Waals surface area contributed by atoms with E-state index in [1.807, 2.05) is 20.8 Å². The van der Waals surface area contributed by atoms with Gasteiger partial charge in [0.25, 0.3) is 11.8 Å². The van der Waals surface area contributed by atoms with Crippen LogP contribution >= 0.6 is 23.7 Å². The van der Waals surface area contributed by atoms with Crippen LogP contribution in [0, 0.1) is 6.92 Å². The quantitative estimate of drug-likeness (QED) is 0.766. The molecule has 0 saturated carbocycles. The molecule has 0 unspecified atom stereocenters. The van der Waals surface area contributed by atoms with Gasteiger partial charge in [-0.2, -0.15) is 0 Å². The maximum atomic E-state index is 12.2. The van der Waals surface area contributed by atoms with E-state index in [0.717, 1.165) is 5.56 Å². The molecule has 0 aliphatic rings. The molecule has 2 rings (SSSR count). The van der Waals surface area contributed by atoms with Gasteiger partial charge in [-0.25, -0.2) is 0 Å². The molecule has 23 heavy (non-hydrogen) atoms. The molecule has 0 saturated heterocycles. The predicted molar refractivity (Wildman–Crippen MR) is 93.6 cm³/mol. The Morgan fingerprint density at radius 1 is 1.35 bits per heavy atom. The lowest BCUT2D eigenvalue weighted by molar-refractivity contribution is 0.0948. The monoisotopic (exact) mass is 357 g/mol. The van der Waals surface area contributed by atoms with E-state index in [9.17, 15) is 9.59 Å². The molecule has 0 spiro atoms. The number of hydrogen-bond acceptors (Lipinski definition) is 5. The fourth-order valence-corrected chi connectivity index (χ4v) is 2.72. The number of carbonyl (C=O) groups excluding carboxylic acids is 2. The Morgan fingerprint density at radius 2 is 2.04 bits per heavy atom. The van der Waals surface area contributed by atoms with Gasteiger partial charge < -0.3 is 20.8 Å². The first-order valence-corrected chi connectivity index (χ1v) is 7.60. The number of carbonyl (C=O) groups is 2. The number of aryl methyl sites for hydroxylation is 1. The molecule has 2 heterocycles. The molecule has 8 heteroatoms. The Hall–Kier alpha value is -1.83. The van der Waals surface area contributed by atoms with Crippen LogP contribution in [0.25, 0.3) is 0 Å². The maximum absolute atomic E-state index is 12.2. The van der Waals surface area contributed by atoms with Crippen LogP contribution in [-0.2, 0) is 0 Å². The average Bonchev–Trinajstić information content (AvgIpc) is 3.04. The van der Waals surface area contributed by atoms with Crippen LogP contribution in [0.2, 0.25) is 0 Å². The van der Waals surface area contributed by atoms with Gasteiger partial charge in [-0.1, -0.05) is 0 Å². The van der Waals surface area contributed by atoms with E-state index in [0.29, 0.717) is 16.4 Å². The number of rotatable bonds is 5. The first-order valence-electron chi connectivity index (χ1n) is 6.78. The fourth-order valence-electron chi connectivity index (χ4n) is 1.74. The highest BCUT2D eigenvalue weighted by molar-refractivity contribution is 7.18. The zero-order valence-corrected chi connectivity index (χ0v) is 14.8. The summed E-state index contributed by atoms with van der Waals surface area (Å²) in [7, 11) is 0. The minimum atomic E-state index is -0.475. The molecule has 0 fully saturated rings. The number of thiophene rings is 1. The molecule has 2 aromatic heterocycles. The van der Waals surface area contributed by atoms with Gasteiger partial charge in [0.15, 0.2) is 5.76 Å². The summed E-state index contributed by atoms with van der Waals surface area (Å²) in [6.07, 6.45) is 1.43. The molecule has 0 aliphatic heterocycles. The van der Waals surface area contributed by atoms with E-state index >= 15 is 0 Å². The van der Waals surface area contributed by atoms with Crippen LogP contribution < -0.4 is 16.4 Å². The van der Waals surface area contributed by atoms with Gasteiger partial charge in [0.2, 0.25) is 0 Å².